The number of methoxy groups -OCH3 is 2. The first-order valence-electron chi connectivity index (χ1n) is 7.86. The smallest absolute Gasteiger partial charge is 0.163 e. The minimum absolute atomic E-state index is 0.191. The van der Waals surface area contributed by atoms with Crippen LogP contribution in [0.1, 0.15) is 24.0 Å². The highest BCUT2D eigenvalue weighted by atomic mass is 16.5. The van der Waals surface area contributed by atoms with Gasteiger partial charge >= 0.3 is 0 Å². The van der Waals surface area contributed by atoms with Crippen molar-refractivity contribution in [2.24, 2.45) is 5.73 Å². The first-order chi connectivity index (χ1) is 11.2. The Hall–Kier alpha value is -2.20. The fourth-order valence-corrected chi connectivity index (χ4v) is 2.72. The molecule has 0 radical (unpaired) electrons. The molecule has 0 aliphatic heterocycles. The first kappa shape index (κ1) is 17.2. The molecule has 0 amide bonds. The van der Waals surface area contributed by atoms with Gasteiger partial charge in [0.25, 0.3) is 0 Å². The molecule has 124 valence electrons. The summed E-state index contributed by atoms with van der Waals surface area (Å²) in [7, 11) is 3.34. The van der Waals surface area contributed by atoms with Crippen molar-refractivity contribution in [2.75, 3.05) is 27.4 Å². The maximum absolute atomic E-state index is 6.02. The first-order valence-corrected chi connectivity index (χ1v) is 7.86. The van der Waals surface area contributed by atoms with Crippen LogP contribution in [0.2, 0.25) is 0 Å². The monoisotopic (exact) mass is 315 g/mol. The summed E-state index contributed by atoms with van der Waals surface area (Å²) in [5.74, 6) is 2.59. The van der Waals surface area contributed by atoms with Crippen LogP contribution in [0.3, 0.4) is 0 Å². The lowest BCUT2D eigenvalue weighted by Gasteiger charge is -2.19. The third kappa shape index (κ3) is 4.17. The third-order valence-corrected chi connectivity index (χ3v) is 3.88. The predicted octanol–water partition coefficient (Wildman–Crippen LogP) is 3.39. The Bertz CT molecular complexity index is 628. The van der Waals surface area contributed by atoms with E-state index in [4.69, 9.17) is 19.9 Å². The molecule has 0 saturated heterocycles. The zero-order valence-electron chi connectivity index (χ0n) is 14.0. The second-order valence-electron chi connectivity index (χ2n) is 5.29. The van der Waals surface area contributed by atoms with Crippen molar-refractivity contribution in [3.8, 4) is 17.2 Å². The Kier molecular flexibility index (Phi) is 6.29. The van der Waals surface area contributed by atoms with E-state index in [1.165, 1.54) is 0 Å². The molecule has 23 heavy (non-hydrogen) atoms. The quantitative estimate of drug-likeness (QED) is 0.811. The molecule has 0 bridgehead atoms. The van der Waals surface area contributed by atoms with Gasteiger partial charge in [0.05, 0.1) is 20.8 Å². The largest absolute Gasteiger partial charge is 0.497 e. The third-order valence-electron chi connectivity index (χ3n) is 3.88. The van der Waals surface area contributed by atoms with Crippen LogP contribution in [0.4, 0.5) is 0 Å². The highest BCUT2D eigenvalue weighted by molar-refractivity contribution is 5.47. The lowest BCUT2D eigenvalue weighted by Crippen LogP contribution is -2.15. The fraction of sp³-hybridized carbons (Fsp3) is 0.368. The maximum atomic E-state index is 6.02. The average molecular weight is 315 g/mol. The van der Waals surface area contributed by atoms with Crippen molar-refractivity contribution in [3.63, 3.8) is 0 Å². The van der Waals surface area contributed by atoms with Gasteiger partial charge in [0, 0.05) is 5.92 Å². The molecular formula is C19H25NO3. The van der Waals surface area contributed by atoms with Crippen LogP contribution in [0, 0.1) is 0 Å². The van der Waals surface area contributed by atoms with Crippen molar-refractivity contribution >= 4 is 0 Å². The van der Waals surface area contributed by atoms with E-state index in [0.717, 1.165) is 34.8 Å². The van der Waals surface area contributed by atoms with Gasteiger partial charge < -0.3 is 19.9 Å². The van der Waals surface area contributed by atoms with E-state index in [-0.39, 0.29) is 5.92 Å². The van der Waals surface area contributed by atoms with E-state index in [0.29, 0.717) is 13.2 Å². The van der Waals surface area contributed by atoms with Crippen LogP contribution in [-0.4, -0.2) is 27.4 Å². The molecule has 0 spiro atoms. The molecule has 2 aromatic rings. The van der Waals surface area contributed by atoms with Crippen molar-refractivity contribution in [1.29, 1.82) is 0 Å². The Balaban J connectivity index is 2.29. The number of ether oxygens (including phenoxy) is 3. The Morgan fingerprint density at radius 1 is 1.04 bits per heavy atom. The standard InChI is InChI=1S/C19H25NO3/c1-4-23-18-10-6-8-15(19(18)22-3)11-16(13-20)14-7-5-9-17(12-14)21-2/h5-10,12,16H,4,11,13,20H2,1-3H3. The number of nitrogens with two attached hydrogens (primary N) is 1. The summed E-state index contributed by atoms with van der Waals surface area (Å²) in [4.78, 5) is 0. The molecule has 0 aliphatic carbocycles. The topological polar surface area (TPSA) is 53.7 Å². The van der Waals surface area contributed by atoms with E-state index in [1.807, 2.05) is 37.3 Å². The summed E-state index contributed by atoms with van der Waals surface area (Å²) >= 11 is 0. The highest BCUT2D eigenvalue weighted by Crippen LogP contribution is 2.34. The van der Waals surface area contributed by atoms with E-state index < -0.39 is 0 Å². The zero-order valence-corrected chi connectivity index (χ0v) is 14.0. The fourth-order valence-electron chi connectivity index (χ4n) is 2.72. The Morgan fingerprint density at radius 2 is 1.83 bits per heavy atom. The number of hydrogen-bond donors (Lipinski definition) is 1. The summed E-state index contributed by atoms with van der Waals surface area (Å²) in [5.41, 5.74) is 8.28. The zero-order chi connectivity index (χ0) is 16.7. The summed E-state index contributed by atoms with van der Waals surface area (Å²) in [6, 6.07) is 14.0. The molecule has 0 fully saturated rings. The lowest BCUT2D eigenvalue weighted by molar-refractivity contribution is 0.309. The lowest BCUT2D eigenvalue weighted by atomic mass is 9.91. The molecule has 0 saturated carbocycles. The van der Waals surface area contributed by atoms with E-state index in [9.17, 15) is 0 Å². The number of hydrogen-bond acceptors (Lipinski definition) is 4. The Morgan fingerprint density at radius 3 is 2.48 bits per heavy atom. The van der Waals surface area contributed by atoms with Crippen LogP contribution >= 0.6 is 0 Å². The highest BCUT2D eigenvalue weighted by Gasteiger charge is 2.16. The van der Waals surface area contributed by atoms with Crippen LogP contribution in [0.5, 0.6) is 17.2 Å². The molecule has 0 heterocycles. The van der Waals surface area contributed by atoms with E-state index in [2.05, 4.69) is 12.1 Å². The van der Waals surface area contributed by atoms with E-state index in [1.54, 1.807) is 14.2 Å². The van der Waals surface area contributed by atoms with Gasteiger partial charge in [-0.05, 0) is 49.2 Å². The van der Waals surface area contributed by atoms with Crippen LogP contribution < -0.4 is 19.9 Å². The van der Waals surface area contributed by atoms with Gasteiger partial charge in [-0.2, -0.15) is 0 Å². The second-order valence-corrected chi connectivity index (χ2v) is 5.29. The van der Waals surface area contributed by atoms with Crippen molar-refractivity contribution in [1.82, 2.24) is 0 Å². The molecule has 2 N–H and O–H groups in total. The molecule has 2 rings (SSSR count). The number of rotatable bonds is 8. The van der Waals surface area contributed by atoms with Crippen LogP contribution in [0.15, 0.2) is 42.5 Å². The minimum Gasteiger partial charge on any atom is -0.497 e. The molecular weight excluding hydrogens is 290 g/mol. The van der Waals surface area contributed by atoms with Crippen molar-refractivity contribution in [3.05, 3.63) is 53.6 Å². The molecule has 2 aromatic carbocycles. The minimum atomic E-state index is 0.191. The van der Waals surface area contributed by atoms with Gasteiger partial charge in [0.2, 0.25) is 0 Å². The molecule has 4 heteroatoms. The van der Waals surface area contributed by atoms with Gasteiger partial charge in [0.15, 0.2) is 11.5 Å². The molecule has 1 unspecified atom stereocenters. The summed E-state index contributed by atoms with van der Waals surface area (Å²) in [6.07, 6.45) is 0.785. The van der Waals surface area contributed by atoms with Gasteiger partial charge in [-0.3, -0.25) is 0 Å². The van der Waals surface area contributed by atoms with Crippen molar-refractivity contribution in [2.45, 2.75) is 19.3 Å². The summed E-state index contributed by atoms with van der Waals surface area (Å²) in [6.45, 7) is 3.12. The predicted molar refractivity (Wildman–Crippen MR) is 92.7 cm³/mol. The van der Waals surface area contributed by atoms with Gasteiger partial charge in [-0.25, -0.2) is 0 Å². The Labute approximate surface area is 138 Å². The average Bonchev–Trinajstić information content (AvgIpc) is 2.60. The molecule has 4 nitrogen and oxygen atoms in total. The van der Waals surface area contributed by atoms with Gasteiger partial charge in [-0.1, -0.05) is 24.3 Å². The van der Waals surface area contributed by atoms with Gasteiger partial charge in [-0.15, -0.1) is 0 Å². The normalized spacial score (nSPS) is 11.8. The molecule has 0 aliphatic rings. The van der Waals surface area contributed by atoms with Gasteiger partial charge in [0.1, 0.15) is 5.75 Å². The van der Waals surface area contributed by atoms with Crippen LogP contribution in [0.25, 0.3) is 0 Å². The number of benzene rings is 2. The molecule has 1 atom stereocenters. The molecule has 0 aromatic heterocycles. The van der Waals surface area contributed by atoms with E-state index >= 15 is 0 Å². The summed E-state index contributed by atoms with van der Waals surface area (Å²) < 4.78 is 16.5. The SMILES string of the molecule is CCOc1cccc(CC(CN)c2cccc(OC)c2)c1OC. The maximum Gasteiger partial charge on any atom is 0.163 e. The van der Waals surface area contributed by atoms with Crippen LogP contribution in [-0.2, 0) is 6.42 Å². The second kappa shape index (κ2) is 8.44. The van der Waals surface area contributed by atoms with Crippen molar-refractivity contribution < 1.29 is 14.2 Å². The number of para-hydroxylation sites is 1. The summed E-state index contributed by atoms with van der Waals surface area (Å²) in [5, 5.41) is 0.